The van der Waals surface area contributed by atoms with E-state index in [1.807, 2.05) is 6.07 Å². The largest absolute Gasteiger partial charge is 0.322 e. The van der Waals surface area contributed by atoms with Gasteiger partial charge in [-0.25, -0.2) is 0 Å². The van der Waals surface area contributed by atoms with Crippen LogP contribution in [0.25, 0.3) is 6.08 Å². The smallest absolute Gasteiger partial charge is 0.250 e. The second-order valence-electron chi connectivity index (χ2n) is 6.37. The zero-order chi connectivity index (χ0) is 20.7. The highest BCUT2D eigenvalue weighted by atomic mass is 16.2. The van der Waals surface area contributed by atoms with Gasteiger partial charge in [0.05, 0.1) is 0 Å². The van der Waals surface area contributed by atoms with Crippen LogP contribution in [0.4, 0.5) is 11.4 Å². The number of rotatable bonds is 7. The Morgan fingerprint density at radius 1 is 0.821 bits per heavy atom. The zero-order valence-corrected chi connectivity index (χ0v) is 15.9. The highest BCUT2D eigenvalue weighted by molar-refractivity contribution is 6.08. The van der Waals surface area contributed by atoms with Crippen LogP contribution >= 0.6 is 0 Å². The molecule has 5 nitrogen and oxygen atoms in total. The number of amides is 2. The molecule has 0 atom stereocenters. The highest BCUT2D eigenvalue weighted by Crippen LogP contribution is 2.15. The lowest BCUT2D eigenvalue weighted by Crippen LogP contribution is -2.12. The van der Waals surface area contributed by atoms with Gasteiger partial charge in [-0.05, 0) is 49.8 Å². The normalized spacial score (nSPS) is 10.4. The van der Waals surface area contributed by atoms with Crippen molar-refractivity contribution >= 4 is 35.0 Å². The van der Waals surface area contributed by atoms with Crippen LogP contribution in [0.1, 0.15) is 29.8 Å². The van der Waals surface area contributed by atoms with E-state index in [4.69, 9.17) is 0 Å². The van der Waals surface area contributed by atoms with Crippen molar-refractivity contribution in [1.82, 2.24) is 0 Å². The van der Waals surface area contributed by atoms with Crippen molar-refractivity contribution in [2.75, 3.05) is 10.6 Å². The Bertz CT molecular complexity index is 987. The third kappa shape index (κ3) is 5.92. The van der Waals surface area contributed by atoms with Crippen molar-refractivity contribution in [3.05, 3.63) is 90.0 Å². The summed E-state index contributed by atoms with van der Waals surface area (Å²) < 4.78 is 0. The Balaban J connectivity index is 2.11. The molecule has 142 valence electrons. The summed E-state index contributed by atoms with van der Waals surface area (Å²) in [4.78, 5) is 35.9. The Hall–Kier alpha value is -3.73. The standard InChI is InChI=1S/C23H22N2O3/c1-15(2)22(27)24-19-9-5-7-17(13-19)11-12-21(26)18-8-6-10-20(14-18)25-23(28)16(3)4/h5-14H,1,3H2,2,4H3,(H,24,27)(H,25,28). The Labute approximate surface area is 164 Å². The van der Waals surface area contributed by atoms with Gasteiger partial charge in [-0.1, -0.05) is 43.5 Å². The van der Waals surface area contributed by atoms with E-state index in [-0.39, 0.29) is 17.6 Å². The molecule has 0 unspecified atom stereocenters. The number of hydrogen-bond donors (Lipinski definition) is 2. The lowest BCUT2D eigenvalue weighted by molar-refractivity contribution is -0.113. The van der Waals surface area contributed by atoms with Crippen molar-refractivity contribution < 1.29 is 14.4 Å². The number of carbonyl (C=O) groups is 3. The van der Waals surface area contributed by atoms with Crippen LogP contribution < -0.4 is 10.6 Å². The maximum Gasteiger partial charge on any atom is 0.250 e. The number of ketones is 1. The van der Waals surface area contributed by atoms with Crippen LogP contribution in [0, 0.1) is 0 Å². The molecule has 0 aliphatic carbocycles. The lowest BCUT2D eigenvalue weighted by Gasteiger charge is -2.06. The predicted octanol–water partition coefficient (Wildman–Crippen LogP) is 4.61. The molecule has 2 aromatic carbocycles. The monoisotopic (exact) mass is 374 g/mol. The summed E-state index contributed by atoms with van der Waals surface area (Å²) in [5.41, 5.74) is 3.15. The van der Waals surface area contributed by atoms with Crippen molar-refractivity contribution in [1.29, 1.82) is 0 Å². The van der Waals surface area contributed by atoms with Crippen molar-refractivity contribution in [2.45, 2.75) is 13.8 Å². The van der Waals surface area contributed by atoms with Gasteiger partial charge in [0.15, 0.2) is 5.78 Å². The molecule has 2 N–H and O–H groups in total. The number of hydrogen-bond acceptors (Lipinski definition) is 3. The molecule has 0 saturated carbocycles. The number of anilines is 2. The van der Waals surface area contributed by atoms with Gasteiger partial charge < -0.3 is 10.6 Å². The summed E-state index contributed by atoms with van der Waals surface area (Å²) in [5.74, 6) is -0.762. The summed E-state index contributed by atoms with van der Waals surface area (Å²) in [7, 11) is 0. The van der Waals surface area contributed by atoms with E-state index in [0.29, 0.717) is 28.1 Å². The van der Waals surface area contributed by atoms with Crippen LogP contribution in [-0.4, -0.2) is 17.6 Å². The van der Waals surface area contributed by atoms with Gasteiger partial charge in [0.25, 0.3) is 11.8 Å². The third-order valence-corrected chi connectivity index (χ3v) is 3.75. The van der Waals surface area contributed by atoms with E-state index in [1.54, 1.807) is 62.4 Å². The number of allylic oxidation sites excluding steroid dienone is 1. The van der Waals surface area contributed by atoms with E-state index in [2.05, 4.69) is 23.8 Å². The maximum absolute atomic E-state index is 12.4. The number of nitrogens with one attached hydrogen (secondary N) is 2. The molecule has 2 rings (SSSR count). The molecule has 2 amide bonds. The first kappa shape index (κ1) is 20.6. The SMILES string of the molecule is C=C(C)C(=O)Nc1cccc(C=CC(=O)c2cccc(NC(=O)C(=C)C)c2)c1. The second-order valence-corrected chi connectivity index (χ2v) is 6.37. The fourth-order valence-corrected chi connectivity index (χ4v) is 2.21. The van der Waals surface area contributed by atoms with E-state index < -0.39 is 0 Å². The minimum Gasteiger partial charge on any atom is -0.322 e. The lowest BCUT2D eigenvalue weighted by atomic mass is 10.1. The van der Waals surface area contributed by atoms with Crippen molar-refractivity contribution in [2.24, 2.45) is 0 Å². The quantitative estimate of drug-likeness (QED) is 0.549. The van der Waals surface area contributed by atoms with Gasteiger partial charge in [-0.15, -0.1) is 0 Å². The zero-order valence-electron chi connectivity index (χ0n) is 15.9. The summed E-state index contributed by atoms with van der Waals surface area (Å²) in [6.45, 7) is 10.4. The first-order valence-corrected chi connectivity index (χ1v) is 8.62. The first-order valence-electron chi connectivity index (χ1n) is 8.62. The molecule has 0 aromatic heterocycles. The summed E-state index contributed by atoms with van der Waals surface area (Å²) in [5, 5.41) is 5.41. The van der Waals surface area contributed by atoms with E-state index in [1.165, 1.54) is 6.08 Å². The molecule has 2 aromatic rings. The molecule has 0 aliphatic rings. The average molecular weight is 374 g/mol. The Kier molecular flexibility index (Phi) is 6.82. The van der Waals surface area contributed by atoms with Gasteiger partial charge >= 0.3 is 0 Å². The van der Waals surface area contributed by atoms with Gasteiger partial charge in [-0.2, -0.15) is 0 Å². The second kappa shape index (κ2) is 9.28. The molecule has 0 radical (unpaired) electrons. The Morgan fingerprint density at radius 2 is 1.36 bits per heavy atom. The molecule has 0 heterocycles. The topological polar surface area (TPSA) is 75.3 Å². The molecule has 0 bridgehead atoms. The minimum atomic E-state index is -0.297. The van der Waals surface area contributed by atoms with Crippen LogP contribution in [0.15, 0.2) is 78.9 Å². The van der Waals surface area contributed by atoms with Crippen molar-refractivity contribution in [3.63, 3.8) is 0 Å². The Morgan fingerprint density at radius 3 is 1.93 bits per heavy atom. The first-order chi connectivity index (χ1) is 13.3. The number of carbonyl (C=O) groups excluding carboxylic acids is 3. The van der Waals surface area contributed by atoms with E-state index in [9.17, 15) is 14.4 Å². The molecule has 0 aliphatic heterocycles. The average Bonchev–Trinajstić information content (AvgIpc) is 2.66. The van der Waals surface area contributed by atoms with Crippen LogP contribution in [0.2, 0.25) is 0 Å². The summed E-state index contributed by atoms with van der Waals surface area (Å²) in [6, 6.07) is 13.8. The van der Waals surface area contributed by atoms with Gasteiger partial charge in [0, 0.05) is 28.1 Å². The minimum absolute atomic E-state index is 0.206. The molecular formula is C23H22N2O3. The number of benzene rings is 2. The fourth-order valence-electron chi connectivity index (χ4n) is 2.21. The van der Waals surface area contributed by atoms with Crippen molar-refractivity contribution in [3.8, 4) is 0 Å². The van der Waals surface area contributed by atoms with Gasteiger partial charge in [0.2, 0.25) is 0 Å². The summed E-state index contributed by atoms with van der Waals surface area (Å²) in [6.07, 6.45) is 3.11. The molecular weight excluding hydrogens is 352 g/mol. The molecule has 0 saturated heterocycles. The fraction of sp³-hybridized carbons (Fsp3) is 0.0870. The predicted molar refractivity (Wildman–Crippen MR) is 113 cm³/mol. The molecule has 0 fully saturated rings. The van der Waals surface area contributed by atoms with E-state index in [0.717, 1.165) is 5.56 Å². The van der Waals surface area contributed by atoms with E-state index >= 15 is 0 Å². The maximum atomic E-state index is 12.4. The van der Waals surface area contributed by atoms with Crippen LogP contribution in [-0.2, 0) is 9.59 Å². The van der Waals surface area contributed by atoms with Gasteiger partial charge in [-0.3, -0.25) is 14.4 Å². The molecule has 28 heavy (non-hydrogen) atoms. The van der Waals surface area contributed by atoms with Gasteiger partial charge in [0.1, 0.15) is 0 Å². The van der Waals surface area contributed by atoms with Crippen LogP contribution in [0.3, 0.4) is 0 Å². The third-order valence-electron chi connectivity index (χ3n) is 3.75. The summed E-state index contributed by atoms with van der Waals surface area (Å²) >= 11 is 0. The molecule has 0 spiro atoms. The highest BCUT2D eigenvalue weighted by Gasteiger charge is 2.07. The van der Waals surface area contributed by atoms with Crippen LogP contribution in [0.5, 0.6) is 0 Å². The molecule has 5 heteroatoms.